The van der Waals surface area contributed by atoms with Crippen molar-refractivity contribution in [2.75, 3.05) is 7.11 Å². The molecule has 20 heavy (non-hydrogen) atoms. The molecule has 2 N–H and O–H groups in total. The molecular formula is C12H13F2NO5. The number of hydrogen-bond acceptors (Lipinski definition) is 4. The number of methoxy groups -OCH3 is 1. The summed E-state index contributed by atoms with van der Waals surface area (Å²) in [6, 6.07) is 2.97. The highest BCUT2D eigenvalue weighted by Gasteiger charge is 2.18. The summed E-state index contributed by atoms with van der Waals surface area (Å²) in [4.78, 5) is 21.2. The lowest BCUT2D eigenvalue weighted by molar-refractivity contribution is -0.140. The van der Waals surface area contributed by atoms with E-state index in [2.05, 4.69) is 10.1 Å². The lowest BCUT2D eigenvalue weighted by atomic mass is 10.1. The van der Waals surface area contributed by atoms with Gasteiger partial charge in [0.05, 0.1) is 7.11 Å². The maximum absolute atomic E-state index is 12.2. The van der Waals surface area contributed by atoms with Crippen molar-refractivity contribution in [2.24, 2.45) is 0 Å². The van der Waals surface area contributed by atoms with Crippen molar-refractivity contribution in [3.8, 4) is 11.5 Å². The van der Waals surface area contributed by atoms with Crippen molar-refractivity contribution in [2.45, 2.75) is 19.1 Å². The van der Waals surface area contributed by atoms with E-state index in [0.29, 0.717) is 5.56 Å². The van der Waals surface area contributed by atoms with Gasteiger partial charge in [-0.15, -0.1) is 0 Å². The minimum atomic E-state index is -3.03. The summed E-state index contributed by atoms with van der Waals surface area (Å²) in [5, 5.41) is 11.0. The van der Waals surface area contributed by atoms with Crippen molar-refractivity contribution in [3.63, 3.8) is 0 Å². The number of aliphatic carboxylic acids is 1. The van der Waals surface area contributed by atoms with Crippen LogP contribution in [-0.2, 0) is 16.0 Å². The van der Waals surface area contributed by atoms with E-state index >= 15 is 0 Å². The van der Waals surface area contributed by atoms with Gasteiger partial charge in [-0.3, -0.25) is 4.79 Å². The first-order valence-electron chi connectivity index (χ1n) is 5.52. The Morgan fingerprint density at radius 2 is 2.15 bits per heavy atom. The number of halogens is 2. The van der Waals surface area contributed by atoms with E-state index in [9.17, 15) is 18.4 Å². The molecule has 110 valence electrons. The molecule has 1 rings (SSSR count). The van der Waals surface area contributed by atoms with Crippen LogP contribution in [0, 0.1) is 0 Å². The largest absolute Gasteiger partial charge is 0.493 e. The monoisotopic (exact) mass is 289 g/mol. The second kappa shape index (κ2) is 7.27. The number of carbonyl (C=O) groups is 2. The van der Waals surface area contributed by atoms with Gasteiger partial charge in [-0.1, -0.05) is 6.07 Å². The van der Waals surface area contributed by atoms with Crippen molar-refractivity contribution in [1.82, 2.24) is 5.32 Å². The van der Waals surface area contributed by atoms with Gasteiger partial charge >= 0.3 is 12.6 Å². The predicted molar refractivity (Wildman–Crippen MR) is 64.0 cm³/mol. The fraction of sp³-hybridized carbons (Fsp3) is 0.333. The van der Waals surface area contributed by atoms with Gasteiger partial charge in [0.25, 0.3) is 0 Å². The molecule has 0 radical (unpaired) electrons. The first-order valence-corrected chi connectivity index (χ1v) is 5.52. The van der Waals surface area contributed by atoms with Crippen LogP contribution in [0.2, 0.25) is 0 Å². The Hall–Kier alpha value is -2.38. The maximum atomic E-state index is 12.2. The number of carboxylic acids is 1. The minimum Gasteiger partial charge on any atom is -0.493 e. The van der Waals surface area contributed by atoms with Gasteiger partial charge < -0.3 is 19.9 Å². The number of hydrogen-bond donors (Lipinski definition) is 2. The average Bonchev–Trinajstić information content (AvgIpc) is 2.37. The molecule has 0 spiro atoms. The molecule has 0 aliphatic carbocycles. The number of amides is 1. The molecule has 0 aliphatic heterocycles. The van der Waals surface area contributed by atoms with Gasteiger partial charge in [0.2, 0.25) is 6.41 Å². The van der Waals surface area contributed by atoms with Crippen LogP contribution in [0.15, 0.2) is 18.2 Å². The Balaban J connectivity index is 2.95. The average molecular weight is 289 g/mol. The molecule has 0 fully saturated rings. The summed E-state index contributed by atoms with van der Waals surface area (Å²) < 4.78 is 33.6. The van der Waals surface area contributed by atoms with E-state index in [1.165, 1.54) is 25.3 Å². The van der Waals surface area contributed by atoms with Crippen molar-refractivity contribution < 1.29 is 33.0 Å². The highest BCUT2D eigenvalue weighted by molar-refractivity contribution is 5.76. The summed E-state index contributed by atoms with van der Waals surface area (Å²) in [5.41, 5.74) is 0.406. The standard InChI is InChI=1S/C12H13F2NO5/c1-19-9-3-2-7(5-10(9)20-12(13)14)4-8(11(17)18)15-6-16/h2-3,5-6,8,12H,4H2,1H3,(H,15,16)(H,17,18). The normalized spacial score (nSPS) is 11.8. The third kappa shape index (κ3) is 4.38. The van der Waals surface area contributed by atoms with E-state index in [4.69, 9.17) is 9.84 Å². The van der Waals surface area contributed by atoms with E-state index in [1.807, 2.05) is 0 Å². The second-order valence-electron chi connectivity index (χ2n) is 3.74. The van der Waals surface area contributed by atoms with E-state index in [-0.39, 0.29) is 24.3 Å². The zero-order chi connectivity index (χ0) is 15.1. The van der Waals surface area contributed by atoms with Crippen LogP contribution in [0.25, 0.3) is 0 Å². The van der Waals surface area contributed by atoms with Gasteiger partial charge in [-0.25, -0.2) is 4.79 Å². The highest BCUT2D eigenvalue weighted by atomic mass is 19.3. The third-order valence-corrected chi connectivity index (χ3v) is 2.45. The SMILES string of the molecule is COc1ccc(CC(NC=O)C(=O)O)cc1OC(F)F. The quantitative estimate of drug-likeness (QED) is 0.698. The summed E-state index contributed by atoms with van der Waals surface area (Å²) in [5.74, 6) is -1.33. The minimum absolute atomic E-state index is 0.0718. The molecule has 0 saturated carbocycles. The third-order valence-electron chi connectivity index (χ3n) is 2.45. The number of rotatable bonds is 8. The van der Waals surface area contributed by atoms with Gasteiger partial charge in [-0.2, -0.15) is 8.78 Å². The number of ether oxygens (including phenoxy) is 2. The molecule has 1 aromatic rings. The van der Waals surface area contributed by atoms with E-state index < -0.39 is 18.6 Å². The molecule has 0 heterocycles. The fourth-order valence-electron chi connectivity index (χ4n) is 1.57. The second-order valence-corrected chi connectivity index (χ2v) is 3.74. The van der Waals surface area contributed by atoms with Crippen LogP contribution in [0.3, 0.4) is 0 Å². The first kappa shape index (κ1) is 15.7. The molecule has 6 nitrogen and oxygen atoms in total. The Morgan fingerprint density at radius 1 is 1.45 bits per heavy atom. The molecular weight excluding hydrogens is 276 g/mol. The van der Waals surface area contributed by atoms with Gasteiger partial charge in [-0.05, 0) is 17.7 Å². The topological polar surface area (TPSA) is 84.9 Å². The van der Waals surface area contributed by atoms with Gasteiger partial charge in [0.15, 0.2) is 11.5 Å². The van der Waals surface area contributed by atoms with E-state index in [1.54, 1.807) is 0 Å². The fourth-order valence-corrected chi connectivity index (χ4v) is 1.57. The van der Waals surface area contributed by atoms with Crippen LogP contribution < -0.4 is 14.8 Å². The molecule has 8 heteroatoms. The van der Waals surface area contributed by atoms with Crippen LogP contribution >= 0.6 is 0 Å². The zero-order valence-corrected chi connectivity index (χ0v) is 10.5. The molecule has 1 atom stereocenters. The Bertz CT molecular complexity index is 481. The number of carboxylic acid groups (broad SMARTS) is 1. The number of nitrogens with one attached hydrogen (secondary N) is 1. The van der Waals surface area contributed by atoms with Crippen LogP contribution in [0.1, 0.15) is 5.56 Å². The van der Waals surface area contributed by atoms with Crippen LogP contribution in [0.5, 0.6) is 11.5 Å². The number of carbonyl (C=O) groups excluding carboxylic acids is 1. The predicted octanol–water partition coefficient (Wildman–Crippen LogP) is 1.04. The zero-order valence-electron chi connectivity index (χ0n) is 10.5. The summed E-state index contributed by atoms with van der Waals surface area (Å²) in [7, 11) is 1.29. The lowest BCUT2D eigenvalue weighted by Crippen LogP contribution is -2.37. The van der Waals surface area contributed by atoms with Crippen LogP contribution in [-0.4, -0.2) is 37.2 Å². The smallest absolute Gasteiger partial charge is 0.387 e. The Labute approximate surface area is 113 Å². The van der Waals surface area contributed by atoms with Crippen molar-refractivity contribution >= 4 is 12.4 Å². The summed E-state index contributed by atoms with van der Waals surface area (Å²) in [6.07, 6.45) is 0.191. The van der Waals surface area contributed by atoms with Gasteiger partial charge in [0, 0.05) is 6.42 Å². The molecule has 0 aromatic heterocycles. The maximum Gasteiger partial charge on any atom is 0.387 e. The Morgan fingerprint density at radius 3 is 2.65 bits per heavy atom. The first-order chi connectivity index (χ1) is 9.47. The van der Waals surface area contributed by atoms with Gasteiger partial charge in [0.1, 0.15) is 6.04 Å². The molecule has 0 bridgehead atoms. The molecule has 1 aromatic carbocycles. The lowest BCUT2D eigenvalue weighted by Gasteiger charge is -2.14. The Kier molecular flexibility index (Phi) is 5.70. The van der Waals surface area contributed by atoms with E-state index in [0.717, 1.165) is 0 Å². The van der Waals surface area contributed by atoms with Crippen molar-refractivity contribution in [3.05, 3.63) is 23.8 Å². The molecule has 1 amide bonds. The van der Waals surface area contributed by atoms with Crippen LogP contribution in [0.4, 0.5) is 8.78 Å². The number of benzene rings is 1. The summed E-state index contributed by atoms with van der Waals surface area (Å²) in [6.45, 7) is -3.03. The highest BCUT2D eigenvalue weighted by Crippen LogP contribution is 2.29. The van der Waals surface area contributed by atoms with Crippen molar-refractivity contribution in [1.29, 1.82) is 0 Å². The summed E-state index contributed by atoms with van der Waals surface area (Å²) >= 11 is 0. The molecule has 1 unspecified atom stereocenters. The molecule has 0 aliphatic rings. The number of alkyl halides is 2. The molecule has 0 saturated heterocycles.